The quantitative estimate of drug-likeness (QED) is 0.530. The SMILES string of the molecule is CCN(CC)CCCONC1=C2CC2(c2ccccc2)Oc2ccccc21. The summed E-state index contributed by atoms with van der Waals surface area (Å²) in [4.78, 5) is 8.27. The van der Waals surface area contributed by atoms with Crippen LogP contribution in [0.4, 0.5) is 0 Å². The van der Waals surface area contributed by atoms with Crippen molar-refractivity contribution >= 4 is 5.70 Å². The molecule has 1 N–H and O–H groups in total. The Morgan fingerprint density at radius 1 is 1.04 bits per heavy atom. The van der Waals surface area contributed by atoms with E-state index in [9.17, 15) is 0 Å². The molecule has 1 fully saturated rings. The molecule has 2 aromatic rings. The highest BCUT2D eigenvalue weighted by Gasteiger charge is 2.58. The number of nitrogens with one attached hydrogen (secondary N) is 1. The highest BCUT2D eigenvalue weighted by atomic mass is 16.6. The van der Waals surface area contributed by atoms with Gasteiger partial charge >= 0.3 is 0 Å². The van der Waals surface area contributed by atoms with Crippen molar-refractivity contribution in [2.75, 3.05) is 26.2 Å². The molecule has 4 rings (SSSR count). The third-order valence-corrected chi connectivity index (χ3v) is 5.56. The number of fused-ring (bicyclic) bond motifs is 2. The Kier molecular flexibility index (Phi) is 5.19. The van der Waals surface area contributed by atoms with E-state index >= 15 is 0 Å². The van der Waals surface area contributed by atoms with Crippen molar-refractivity contribution < 1.29 is 9.57 Å². The van der Waals surface area contributed by atoms with Crippen LogP contribution in [-0.4, -0.2) is 31.1 Å². The van der Waals surface area contributed by atoms with Crippen LogP contribution in [0.2, 0.25) is 0 Å². The fourth-order valence-electron chi connectivity index (χ4n) is 3.89. The van der Waals surface area contributed by atoms with Crippen LogP contribution in [0.25, 0.3) is 5.70 Å². The maximum absolute atomic E-state index is 6.44. The summed E-state index contributed by atoms with van der Waals surface area (Å²) in [6.45, 7) is 8.32. The van der Waals surface area contributed by atoms with E-state index in [-0.39, 0.29) is 5.60 Å². The summed E-state index contributed by atoms with van der Waals surface area (Å²) in [6.07, 6.45) is 1.91. The third-order valence-electron chi connectivity index (χ3n) is 5.56. The Morgan fingerprint density at radius 2 is 1.78 bits per heavy atom. The number of hydrogen-bond donors (Lipinski definition) is 1. The van der Waals surface area contributed by atoms with E-state index < -0.39 is 0 Å². The summed E-state index contributed by atoms with van der Waals surface area (Å²) in [6, 6.07) is 18.7. The normalized spacial score (nSPS) is 20.1. The van der Waals surface area contributed by atoms with Crippen molar-refractivity contribution in [2.45, 2.75) is 32.3 Å². The van der Waals surface area contributed by atoms with Gasteiger partial charge in [0.2, 0.25) is 0 Å². The molecule has 1 aliphatic carbocycles. The van der Waals surface area contributed by atoms with Gasteiger partial charge in [-0.3, -0.25) is 10.3 Å². The minimum Gasteiger partial charge on any atom is -0.477 e. The fourth-order valence-corrected chi connectivity index (χ4v) is 3.89. The first-order chi connectivity index (χ1) is 13.3. The Balaban J connectivity index is 1.48. The topological polar surface area (TPSA) is 33.7 Å². The van der Waals surface area contributed by atoms with Crippen LogP contribution < -0.4 is 10.2 Å². The second-order valence-corrected chi connectivity index (χ2v) is 7.15. The second kappa shape index (κ2) is 7.75. The third kappa shape index (κ3) is 3.47. The largest absolute Gasteiger partial charge is 0.477 e. The Labute approximate surface area is 161 Å². The van der Waals surface area contributed by atoms with Gasteiger partial charge in [-0.25, -0.2) is 0 Å². The van der Waals surface area contributed by atoms with Crippen LogP contribution in [-0.2, 0) is 10.4 Å². The molecule has 1 heterocycles. The zero-order valence-electron chi connectivity index (χ0n) is 16.2. The first kappa shape index (κ1) is 18.1. The maximum Gasteiger partial charge on any atom is 0.162 e. The van der Waals surface area contributed by atoms with Gasteiger partial charge in [-0.05, 0) is 31.6 Å². The van der Waals surface area contributed by atoms with Gasteiger partial charge in [0.05, 0.1) is 12.3 Å². The van der Waals surface area contributed by atoms with Gasteiger partial charge in [-0.2, -0.15) is 0 Å². The molecule has 2 aromatic carbocycles. The molecule has 1 aliphatic heterocycles. The average molecular weight is 364 g/mol. The summed E-state index contributed by atoms with van der Waals surface area (Å²) in [5.74, 6) is 0.914. The molecule has 0 saturated heterocycles. The van der Waals surface area contributed by atoms with Crippen LogP contribution in [0, 0.1) is 0 Å². The zero-order valence-corrected chi connectivity index (χ0v) is 16.2. The van der Waals surface area contributed by atoms with Crippen molar-refractivity contribution in [3.05, 3.63) is 71.3 Å². The molecule has 0 spiro atoms. The lowest BCUT2D eigenvalue weighted by Crippen LogP contribution is -2.27. The van der Waals surface area contributed by atoms with Crippen molar-refractivity contribution in [3.63, 3.8) is 0 Å². The molecule has 0 aromatic heterocycles. The zero-order chi connectivity index (χ0) is 18.7. The monoisotopic (exact) mass is 364 g/mol. The standard InChI is InChI=1S/C23H28N2O2/c1-3-25(4-2)15-10-16-26-24-22-19-13-8-9-14-21(19)27-23(17-20(22)23)18-11-6-5-7-12-18/h5-9,11-14,24H,3-4,10,15-17H2,1-2H3. The van der Waals surface area contributed by atoms with E-state index in [1.807, 2.05) is 24.3 Å². The lowest BCUT2D eigenvalue weighted by molar-refractivity contribution is 0.0687. The lowest BCUT2D eigenvalue weighted by atomic mass is 10.0. The molecule has 0 bridgehead atoms. The highest BCUT2D eigenvalue weighted by Crippen LogP contribution is 2.60. The van der Waals surface area contributed by atoms with Crippen LogP contribution in [0.1, 0.15) is 37.8 Å². The van der Waals surface area contributed by atoms with Gasteiger partial charge in [0.1, 0.15) is 5.75 Å². The van der Waals surface area contributed by atoms with Crippen molar-refractivity contribution in [2.24, 2.45) is 0 Å². The summed E-state index contributed by atoms with van der Waals surface area (Å²) >= 11 is 0. The summed E-state index contributed by atoms with van der Waals surface area (Å²) in [5.41, 5.74) is 7.56. The molecule has 4 heteroatoms. The molecule has 1 atom stereocenters. The molecule has 4 nitrogen and oxygen atoms in total. The van der Waals surface area contributed by atoms with Crippen molar-refractivity contribution in [3.8, 4) is 5.75 Å². The number of nitrogens with zero attached hydrogens (tertiary/aromatic N) is 1. The summed E-state index contributed by atoms with van der Waals surface area (Å²) in [5, 5.41) is 0. The van der Waals surface area contributed by atoms with Gasteiger partial charge in [0, 0.05) is 29.7 Å². The Hall–Kier alpha value is -2.30. The number of hydrogen-bond acceptors (Lipinski definition) is 4. The van der Waals surface area contributed by atoms with E-state index in [0.29, 0.717) is 6.61 Å². The minimum absolute atomic E-state index is 0.331. The molecular weight excluding hydrogens is 336 g/mol. The fraction of sp³-hybridized carbons (Fsp3) is 0.391. The molecule has 0 radical (unpaired) electrons. The first-order valence-corrected chi connectivity index (χ1v) is 9.96. The van der Waals surface area contributed by atoms with Gasteiger partial charge < -0.3 is 9.64 Å². The van der Waals surface area contributed by atoms with Gasteiger partial charge in [-0.1, -0.05) is 56.3 Å². The van der Waals surface area contributed by atoms with Gasteiger partial charge in [0.25, 0.3) is 0 Å². The predicted octanol–water partition coefficient (Wildman–Crippen LogP) is 4.34. The molecule has 142 valence electrons. The number of rotatable bonds is 9. The van der Waals surface area contributed by atoms with E-state index in [4.69, 9.17) is 9.57 Å². The molecular formula is C23H28N2O2. The Morgan fingerprint density at radius 3 is 2.56 bits per heavy atom. The van der Waals surface area contributed by atoms with Gasteiger partial charge in [0.15, 0.2) is 5.60 Å². The van der Waals surface area contributed by atoms with E-state index in [0.717, 1.165) is 49.5 Å². The van der Waals surface area contributed by atoms with E-state index in [2.05, 4.69) is 54.6 Å². The highest BCUT2D eigenvalue weighted by molar-refractivity contribution is 5.80. The smallest absolute Gasteiger partial charge is 0.162 e. The number of ether oxygens (including phenoxy) is 1. The van der Waals surface area contributed by atoms with Crippen LogP contribution >= 0.6 is 0 Å². The number of hydroxylamine groups is 1. The van der Waals surface area contributed by atoms with Crippen molar-refractivity contribution in [1.29, 1.82) is 0 Å². The summed E-state index contributed by atoms with van der Waals surface area (Å²) < 4.78 is 6.44. The van der Waals surface area contributed by atoms with E-state index in [1.54, 1.807) is 0 Å². The molecule has 1 unspecified atom stereocenters. The predicted molar refractivity (Wildman–Crippen MR) is 108 cm³/mol. The molecule has 1 saturated carbocycles. The number of benzene rings is 2. The lowest BCUT2D eigenvalue weighted by Gasteiger charge is -2.26. The van der Waals surface area contributed by atoms with Crippen molar-refractivity contribution in [1.82, 2.24) is 10.4 Å². The first-order valence-electron chi connectivity index (χ1n) is 9.96. The summed E-state index contributed by atoms with van der Waals surface area (Å²) in [7, 11) is 0. The number of para-hydroxylation sites is 1. The maximum atomic E-state index is 6.44. The minimum atomic E-state index is -0.331. The molecule has 2 aliphatic rings. The molecule has 0 amide bonds. The Bertz CT molecular complexity index is 814. The van der Waals surface area contributed by atoms with E-state index in [1.165, 1.54) is 11.1 Å². The van der Waals surface area contributed by atoms with Gasteiger partial charge in [-0.15, -0.1) is 0 Å². The second-order valence-electron chi connectivity index (χ2n) is 7.15. The van der Waals surface area contributed by atoms with Crippen LogP contribution in [0.3, 0.4) is 0 Å². The van der Waals surface area contributed by atoms with Crippen LogP contribution in [0.5, 0.6) is 5.75 Å². The average Bonchev–Trinajstić information content (AvgIpc) is 3.46. The van der Waals surface area contributed by atoms with Crippen LogP contribution in [0.15, 0.2) is 60.2 Å². The molecule has 27 heavy (non-hydrogen) atoms.